The van der Waals surface area contributed by atoms with Crippen molar-refractivity contribution < 1.29 is 4.79 Å². The van der Waals surface area contributed by atoms with Crippen molar-refractivity contribution in [3.8, 4) is 0 Å². The highest BCUT2D eigenvalue weighted by atomic mass is 16.2. The number of piperazine rings is 1. The highest BCUT2D eigenvalue weighted by Crippen LogP contribution is 2.21. The highest BCUT2D eigenvalue weighted by molar-refractivity contribution is 5.76. The second-order valence-corrected chi connectivity index (χ2v) is 7.85. The molecule has 0 saturated carbocycles. The lowest BCUT2D eigenvalue weighted by molar-refractivity contribution is -0.133. The van der Waals surface area contributed by atoms with E-state index >= 15 is 0 Å². The monoisotopic (exact) mass is 378 g/mol. The molecule has 148 valence electrons. The zero-order valence-electron chi connectivity index (χ0n) is 16.5. The third kappa shape index (κ3) is 4.71. The van der Waals surface area contributed by atoms with Crippen LogP contribution in [0.25, 0.3) is 0 Å². The van der Waals surface area contributed by atoms with E-state index in [1.54, 1.807) is 12.4 Å². The fraction of sp³-hybridized carbons (Fsp3) is 0.478. The van der Waals surface area contributed by atoms with Crippen molar-refractivity contribution in [1.29, 1.82) is 0 Å². The molecule has 5 heteroatoms. The molecule has 4 rings (SSSR count). The largest absolute Gasteiger partial charge is 0.369 e. The van der Waals surface area contributed by atoms with E-state index in [4.69, 9.17) is 0 Å². The molecule has 0 radical (unpaired) electrons. The summed E-state index contributed by atoms with van der Waals surface area (Å²) < 4.78 is 0. The van der Waals surface area contributed by atoms with Gasteiger partial charge < -0.3 is 9.80 Å². The van der Waals surface area contributed by atoms with E-state index in [1.165, 1.54) is 17.7 Å². The topological polar surface area (TPSA) is 39.7 Å². The third-order valence-corrected chi connectivity index (χ3v) is 6.08. The average molecular weight is 379 g/mol. The van der Waals surface area contributed by atoms with Crippen molar-refractivity contribution >= 4 is 11.6 Å². The molecule has 0 N–H and O–H groups in total. The zero-order chi connectivity index (χ0) is 19.2. The molecule has 5 nitrogen and oxygen atoms in total. The van der Waals surface area contributed by atoms with Gasteiger partial charge in [-0.05, 0) is 49.1 Å². The van der Waals surface area contributed by atoms with E-state index in [0.29, 0.717) is 18.4 Å². The van der Waals surface area contributed by atoms with Gasteiger partial charge >= 0.3 is 0 Å². The molecular formula is C23H30N4O. The van der Waals surface area contributed by atoms with Crippen LogP contribution in [0.4, 0.5) is 5.69 Å². The maximum atomic E-state index is 12.7. The van der Waals surface area contributed by atoms with Crippen molar-refractivity contribution in [3.63, 3.8) is 0 Å². The molecule has 2 saturated heterocycles. The predicted molar refractivity (Wildman–Crippen MR) is 112 cm³/mol. The van der Waals surface area contributed by atoms with Crippen molar-refractivity contribution in [2.24, 2.45) is 0 Å². The van der Waals surface area contributed by atoms with Gasteiger partial charge in [0.05, 0.1) is 0 Å². The molecule has 0 unspecified atom stereocenters. The standard InChI is InChI=1S/C23H30N4O/c28-23(9-8-20-10-12-24-13-11-20)27-14-4-7-22(19-27)26-17-15-25(16-18-26)21-5-2-1-3-6-21/h1-3,5-6,10-13,22H,4,7-9,14-19H2/t22-/m1/s1. The Kier molecular flexibility index (Phi) is 6.22. The molecule has 0 spiro atoms. The van der Waals surface area contributed by atoms with E-state index in [9.17, 15) is 4.79 Å². The fourth-order valence-electron chi connectivity index (χ4n) is 4.42. The Balaban J connectivity index is 1.26. The van der Waals surface area contributed by atoms with Crippen molar-refractivity contribution in [2.75, 3.05) is 44.2 Å². The first-order chi connectivity index (χ1) is 13.8. The normalized spacial score (nSPS) is 20.9. The number of benzene rings is 1. The van der Waals surface area contributed by atoms with Crippen LogP contribution >= 0.6 is 0 Å². The van der Waals surface area contributed by atoms with Crippen LogP contribution in [0.3, 0.4) is 0 Å². The number of hydrogen-bond donors (Lipinski definition) is 0. The minimum atomic E-state index is 0.296. The Morgan fingerprint density at radius 3 is 2.46 bits per heavy atom. The van der Waals surface area contributed by atoms with Gasteiger partial charge in [0.15, 0.2) is 0 Å². The molecule has 1 amide bonds. The summed E-state index contributed by atoms with van der Waals surface area (Å²) in [6, 6.07) is 15.2. The molecular weight excluding hydrogens is 348 g/mol. The number of aryl methyl sites for hydroxylation is 1. The van der Waals surface area contributed by atoms with Crippen LogP contribution in [0.15, 0.2) is 54.9 Å². The van der Waals surface area contributed by atoms with Gasteiger partial charge in [0, 0.05) is 69.8 Å². The highest BCUT2D eigenvalue weighted by Gasteiger charge is 2.29. The molecule has 2 aliphatic rings. The lowest BCUT2D eigenvalue weighted by Crippen LogP contribution is -2.55. The Morgan fingerprint density at radius 1 is 0.964 bits per heavy atom. The van der Waals surface area contributed by atoms with Crippen LogP contribution in [0.2, 0.25) is 0 Å². The van der Waals surface area contributed by atoms with E-state index < -0.39 is 0 Å². The number of pyridine rings is 1. The van der Waals surface area contributed by atoms with Gasteiger partial charge in [-0.15, -0.1) is 0 Å². The first-order valence-corrected chi connectivity index (χ1v) is 10.5. The van der Waals surface area contributed by atoms with Crippen LogP contribution in [0, 0.1) is 0 Å². The molecule has 2 fully saturated rings. The van der Waals surface area contributed by atoms with Crippen molar-refractivity contribution in [1.82, 2.24) is 14.8 Å². The molecule has 2 aliphatic heterocycles. The summed E-state index contributed by atoms with van der Waals surface area (Å²) in [7, 11) is 0. The second kappa shape index (κ2) is 9.20. The number of anilines is 1. The molecule has 28 heavy (non-hydrogen) atoms. The van der Waals surface area contributed by atoms with Crippen LogP contribution in [-0.4, -0.2) is 66.0 Å². The van der Waals surface area contributed by atoms with E-state index in [-0.39, 0.29) is 0 Å². The maximum Gasteiger partial charge on any atom is 0.222 e. The van der Waals surface area contributed by atoms with Crippen LogP contribution in [0.1, 0.15) is 24.8 Å². The number of piperidine rings is 1. The number of amides is 1. The van der Waals surface area contributed by atoms with Gasteiger partial charge in [0.1, 0.15) is 0 Å². The Hall–Kier alpha value is -2.40. The Bertz CT molecular complexity index is 744. The van der Waals surface area contributed by atoms with Crippen molar-refractivity contribution in [2.45, 2.75) is 31.7 Å². The van der Waals surface area contributed by atoms with Crippen LogP contribution in [0.5, 0.6) is 0 Å². The number of nitrogens with zero attached hydrogens (tertiary/aromatic N) is 4. The fourth-order valence-corrected chi connectivity index (χ4v) is 4.42. The molecule has 2 aromatic rings. The average Bonchev–Trinajstić information content (AvgIpc) is 2.79. The van der Waals surface area contributed by atoms with Crippen molar-refractivity contribution in [3.05, 3.63) is 60.4 Å². The predicted octanol–water partition coefficient (Wildman–Crippen LogP) is 2.83. The maximum absolute atomic E-state index is 12.7. The zero-order valence-corrected chi connectivity index (χ0v) is 16.5. The van der Waals surface area contributed by atoms with E-state index in [2.05, 4.69) is 50.0 Å². The lowest BCUT2D eigenvalue weighted by Gasteiger charge is -2.44. The summed E-state index contributed by atoms with van der Waals surface area (Å²) in [6.07, 6.45) is 7.32. The number of likely N-dealkylation sites (tertiary alicyclic amines) is 1. The summed E-state index contributed by atoms with van der Waals surface area (Å²) >= 11 is 0. The van der Waals surface area contributed by atoms with Crippen LogP contribution < -0.4 is 4.90 Å². The second-order valence-electron chi connectivity index (χ2n) is 7.85. The summed E-state index contributed by atoms with van der Waals surface area (Å²) in [5.74, 6) is 0.296. The minimum Gasteiger partial charge on any atom is -0.369 e. The third-order valence-electron chi connectivity index (χ3n) is 6.08. The van der Waals surface area contributed by atoms with Gasteiger partial charge in [0.25, 0.3) is 0 Å². The van der Waals surface area contributed by atoms with Gasteiger partial charge in [-0.1, -0.05) is 18.2 Å². The molecule has 0 bridgehead atoms. The number of carbonyl (C=O) groups is 1. The Morgan fingerprint density at radius 2 is 1.71 bits per heavy atom. The molecule has 0 aliphatic carbocycles. The number of aromatic nitrogens is 1. The van der Waals surface area contributed by atoms with Gasteiger partial charge in [-0.2, -0.15) is 0 Å². The quantitative estimate of drug-likeness (QED) is 0.802. The molecule has 1 aromatic carbocycles. The minimum absolute atomic E-state index is 0.296. The lowest BCUT2D eigenvalue weighted by atomic mass is 10.0. The Labute approximate surface area is 168 Å². The molecule has 1 atom stereocenters. The number of hydrogen-bond acceptors (Lipinski definition) is 4. The number of carbonyl (C=O) groups excluding carboxylic acids is 1. The van der Waals surface area contributed by atoms with E-state index in [0.717, 1.165) is 52.1 Å². The number of para-hydroxylation sites is 1. The number of rotatable bonds is 5. The summed E-state index contributed by atoms with van der Waals surface area (Å²) in [5.41, 5.74) is 2.51. The van der Waals surface area contributed by atoms with Gasteiger partial charge in [-0.25, -0.2) is 0 Å². The van der Waals surface area contributed by atoms with E-state index in [1.807, 2.05) is 12.1 Å². The summed E-state index contributed by atoms with van der Waals surface area (Å²) in [5, 5.41) is 0. The summed E-state index contributed by atoms with van der Waals surface area (Å²) in [6.45, 7) is 6.10. The smallest absolute Gasteiger partial charge is 0.222 e. The molecule has 3 heterocycles. The summed E-state index contributed by atoms with van der Waals surface area (Å²) in [4.78, 5) is 23.9. The van der Waals surface area contributed by atoms with Gasteiger partial charge in [-0.3, -0.25) is 14.7 Å². The van der Waals surface area contributed by atoms with Gasteiger partial charge in [0.2, 0.25) is 5.91 Å². The first kappa shape index (κ1) is 18.9. The molecule has 1 aromatic heterocycles. The first-order valence-electron chi connectivity index (χ1n) is 10.5. The SMILES string of the molecule is O=C(CCc1ccncc1)N1CCC[C@@H](N2CCN(c3ccccc3)CC2)C1. The van der Waals surface area contributed by atoms with Crippen LogP contribution in [-0.2, 0) is 11.2 Å².